The molecule has 0 aromatic heterocycles. The maximum Gasteiger partial charge on any atom is 0.0873 e. The summed E-state index contributed by atoms with van der Waals surface area (Å²) >= 11 is 0. The van der Waals surface area contributed by atoms with Crippen LogP contribution in [-0.4, -0.2) is 6.61 Å². The van der Waals surface area contributed by atoms with E-state index in [1.807, 2.05) is 6.26 Å². The first-order chi connectivity index (χ1) is 8.70. The van der Waals surface area contributed by atoms with Crippen molar-refractivity contribution in [1.82, 2.24) is 0 Å². The van der Waals surface area contributed by atoms with Crippen LogP contribution in [0.2, 0.25) is 0 Å². The molecule has 0 amide bonds. The van der Waals surface area contributed by atoms with Gasteiger partial charge in [0, 0.05) is 0 Å². The van der Waals surface area contributed by atoms with Crippen LogP contribution in [0.1, 0.15) is 59.3 Å². The molecular formula is C17H30O. The van der Waals surface area contributed by atoms with Crippen LogP contribution < -0.4 is 0 Å². The third-order valence-electron chi connectivity index (χ3n) is 2.92. The van der Waals surface area contributed by atoms with Crippen LogP contribution in [0, 0.1) is 5.92 Å². The van der Waals surface area contributed by atoms with Crippen LogP contribution in [0.5, 0.6) is 0 Å². The highest BCUT2D eigenvalue weighted by Crippen LogP contribution is 2.14. The molecule has 0 aliphatic rings. The minimum Gasteiger partial charge on any atom is -0.502 e. The topological polar surface area (TPSA) is 9.23 Å². The minimum absolute atomic E-state index is 0.566. The van der Waals surface area contributed by atoms with E-state index < -0.39 is 0 Å². The molecule has 1 unspecified atom stereocenters. The Hall–Kier alpha value is -0.980. The third kappa shape index (κ3) is 11.5. The summed E-state index contributed by atoms with van der Waals surface area (Å²) in [7, 11) is 0. The van der Waals surface area contributed by atoms with Crippen LogP contribution in [0.25, 0.3) is 0 Å². The fraction of sp³-hybridized carbons (Fsp3) is 0.647. The molecule has 1 nitrogen and oxygen atoms in total. The minimum atomic E-state index is 0.566. The van der Waals surface area contributed by atoms with Crippen LogP contribution in [0.15, 0.2) is 36.6 Å². The van der Waals surface area contributed by atoms with Crippen molar-refractivity contribution in [1.29, 1.82) is 0 Å². The first-order valence-corrected chi connectivity index (χ1v) is 7.23. The van der Waals surface area contributed by atoms with E-state index in [2.05, 4.69) is 45.6 Å². The molecule has 0 bridgehead atoms. The molecule has 1 heteroatoms. The second kappa shape index (κ2) is 12.5. The molecule has 0 spiro atoms. The molecule has 0 aliphatic carbocycles. The number of unbranched alkanes of at least 4 members (excludes halogenated alkanes) is 2. The summed E-state index contributed by atoms with van der Waals surface area (Å²) in [5, 5.41) is 0. The molecule has 0 saturated heterocycles. The van der Waals surface area contributed by atoms with Crippen LogP contribution in [0.4, 0.5) is 0 Å². The van der Waals surface area contributed by atoms with Crippen molar-refractivity contribution in [2.45, 2.75) is 59.3 Å². The SMILES string of the molecule is C=CC(CC=COCCCCC)CCC=C(C)C. The van der Waals surface area contributed by atoms with Gasteiger partial charge in [0.15, 0.2) is 0 Å². The molecule has 0 N–H and O–H groups in total. The average Bonchev–Trinajstić information content (AvgIpc) is 2.35. The highest BCUT2D eigenvalue weighted by atomic mass is 16.5. The van der Waals surface area contributed by atoms with Gasteiger partial charge in [0.2, 0.25) is 0 Å². The van der Waals surface area contributed by atoms with Gasteiger partial charge in [0.1, 0.15) is 0 Å². The fourth-order valence-electron chi connectivity index (χ4n) is 1.72. The zero-order valence-corrected chi connectivity index (χ0v) is 12.5. The van der Waals surface area contributed by atoms with Gasteiger partial charge in [0.05, 0.1) is 12.9 Å². The molecule has 0 saturated carbocycles. The van der Waals surface area contributed by atoms with Crippen LogP contribution >= 0.6 is 0 Å². The Kier molecular flexibility index (Phi) is 11.8. The molecule has 0 aliphatic heterocycles. The summed E-state index contributed by atoms with van der Waals surface area (Å²) in [5.41, 5.74) is 1.40. The van der Waals surface area contributed by atoms with Gasteiger partial charge < -0.3 is 4.74 Å². The largest absolute Gasteiger partial charge is 0.502 e. The van der Waals surface area contributed by atoms with E-state index in [0.29, 0.717) is 5.92 Å². The third-order valence-corrected chi connectivity index (χ3v) is 2.92. The van der Waals surface area contributed by atoms with E-state index in [1.165, 1.54) is 24.8 Å². The lowest BCUT2D eigenvalue weighted by atomic mass is 9.99. The molecule has 0 aromatic rings. The molecule has 0 radical (unpaired) electrons. The molecule has 0 rings (SSSR count). The van der Waals surface area contributed by atoms with Gasteiger partial charge >= 0.3 is 0 Å². The number of rotatable bonds is 11. The van der Waals surface area contributed by atoms with E-state index in [1.54, 1.807) is 0 Å². The van der Waals surface area contributed by atoms with Crippen molar-refractivity contribution in [2.75, 3.05) is 6.61 Å². The maximum atomic E-state index is 5.45. The zero-order chi connectivity index (χ0) is 13.6. The molecule has 0 aromatic carbocycles. The molecule has 1 atom stereocenters. The van der Waals surface area contributed by atoms with Gasteiger partial charge in [-0.05, 0) is 51.5 Å². The van der Waals surface area contributed by atoms with Gasteiger partial charge in [-0.2, -0.15) is 0 Å². The average molecular weight is 250 g/mol. The van der Waals surface area contributed by atoms with Gasteiger partial charge in [-0.3, -0.25) is 0 Å². The molecule has 18 heavy (non-hydrogen) atoms. The number of allylic oxidation sites excluding steroid dienone is 4. The van der Waals surface area contributed by atoms with Crippen molar-refractivity contribution in [3.8, 4) is 0 Å². The number of ether oxygens (including phenoxy) is 1. The second-order valence-corrected chi connectivity index (χ2v) is 5.04. The Bertz CT molecular complexity index is 246. The second-order valence-electron chi connectivity index (χ2n) is 5.04. The van der Waals surface area contributed by atoms with Crippen molar-refractivity contribution in [2.24, 2.45) is 5.92 Å². The highest BCUT2D eigenvalue weighted by Gasteiger charge is 2.00. The summed E-state index contributed by atoms with van der Waals surface area (Å²) in [6.07, 6.45) is 15.3. The Balaban J connectivity index is 3.63. The predicted octanol–water partition coefficient (Wildman–Crippen LogP) is 5.65. The lowest BCUT2D eigenvalue weighted by Crippen LogP contribution is -1.94. The Morgan fingerprint density at radius 3 is 2.67 bits per heavy atom. The van der Waals surface area contributed by atoms with E-state index in [4.69, 9.17) is 4.74 Å². The summed E-state index contributed by atoms with van der Waals surface area (Å²) in [4.78, 5) is 0. The first kappa shape index (κ1) is 17.0. The summed E-state index contributed by atoms with van der Waals surface area (Å²) < 4.78 is 5.45. The summed E-state index contributed by atoms with van der Waals surface area (Å²) in [6.45, 7) is 11.2. The molecule has 0 heterocycles. The standard InChI is InChI=1S/C17H30O/c1-5-7-8-14-18-15-10-13-17(6-2)12-9-11-16(3)4/h6,10-11,15,17H,2,5,7-9,12-14H2,1,3-4H3. The highest BCUT2D eigenvalue weighted by molar-refractivity contribution is 4.95. The lowest BCUT2D eigenvalue weighted by molar-refractivity contribution is 0.240. The van der Waals surface area contributed by atoms with Crippen LogP contribution in [-0.2, 0) is 4.74 Å². The molecule has 0 fully saturated rings. The van der Waals surface area contributed by atoms with E-state index in [9.17, 15) is 0 Å². The quantitative estimate of drug-likeness (QED) is 0.262. The smallest absolute Gasteiger partial charge is 0.0873 e. The Labute approximate surface area is 114 Å². The fourth-order valence-corrected chi connectivity index (χ4v) is 1.72. The van der Waals surface area contributed by atoms with Crippen molar-refractivity contribution in [3.63, 3.8) is 0 Å². The lowest BCUT2D eigenvalue weighted by Gasteiger charge is -2.08. The van der Waals surface area contributed by atoms with Crippen molar-refractivity contribution < 1.29 is 4.74 Å². The van der Waals surface area contributed by atoms with E-state index in [-0.39, 0.29) is 0 Å². The van der Waals surface area contributed by atoms with E-state index >= 15 is 0 Å². The summed E-state index contributed by atoms with van der Waals surface area (Å²) in [6, 6.07) is 0. The molecular weight excluding hydrogens is 220 g/mol. The Morgan fingerprint density at radius 2 is 2.06 bits per heavy atom. The molecule has 104 valence electrons. The van der Waals surface area contributed by atoms with Gasteiger partial charge in [0.25, 0.3) is 0 Å². The monoisotopic (exact) mass is 250 g/mol. The van der Waals surface area contributed by atoms with Gasteiger partial charge in [-0.1, -0.05) is 37.5 Å². The first-order valence-electron chi connectivity index (χ1n) is 7.23. The zero-order valence-electron chi connectivity index (χ0n) is 12.5. The van der Waals surface area contributed by atoms with Crippen molar-refractivity contribution >= 4 is 0 Å². The van der Waals surface area contributed by atoms with Gasteiger partial charge in [-0.25, -0.2) is 0 Å². The summed E-state index contributed by atoms with van der Waals surface area (Å²) in [5.74, 6) is 0.566. The van der Waals surface area contributed by atoms with Crippen molar-refractivity contribution in [3.05, 3.63) is 36.6 Å². The number of hydrogen-bond acceptors (Lipinski definition) is 1. The maximum absolute atomic E-state index is 5.45. The Morgan fingerprint density at radius 1 is 1.28 bits per heavy atom. The van der Waals surface area contributed by atoms with Crippen LogP contribution in [0.3, 0.4) is 0 Å². The van der Waals surface area contributed by atoms with Gasteiger partial charge in [-0.15, -0.1) is 6.58 Å². The number of hydrogen-bond donors (Lipinski definition) is 0. The normalized spacial score (nSPS) is 12.4. The predicted molar refractivity (Wildman–Crippen MR) is 81.6 cm³/mol. The van der Waals surface area contributed by atoms with E-state index in [0.717, 1.165) is 25.9 Å².